The molecule has 0 saturated carbocycles. The summed E-state index contributed by atoms with van der Waals surface area (Å²) in [6.45, 7) is 5.90. The number of hydrogen-bond acceptors (Lipinski definition) is 4. The maximum Gasteiger partial charge on any atom is 0.374 e. The van der Waals surface area contributed by atoms with E-state index in [1.807, 2.05) is 13.8 Å². The molecule has 0 N–H and O–H groups in total. The van der Waals surface area contributed by atoms with Crippen LogP contribution >= 0.6 is 0 Å². The van der Waals surface area contributed by atoms with Crippen LogP contribution in [0.15, 0.2) is 16.5 Å². The summed E-state index contributed by atoms with van der Waals surface area (Å²) in [7, 11) is 0. The number of ether oxygens (including phenoxy) is 1. The molecule has 1 aromatic heterocycles. The second kappa shape index (κ2) is 5.49. The fourth-order valence-corrected chi connectivity index (χ4v) is 1.27. The van der Waals surface area contributed by atoms with Crippen molar-refractivity contribution in [1.29, 1.82) is 0 Å². The highest BCUT2D eigenvalue weighted by atomic mass is 16.5. The number of carbonyl (C=O) groups is 2. The predicted molar refractivity (Wildman–Crippen MR) is 58.5 cm³/mol. The molecule has 1 aromatic rings. The zero-order chi connectivity index (χ0) is 12.1. The van der Waals surface area contributed by atoms with E-state index in [-0.39, 0.29) is 29.8 Å². The van der Waals surface area contributed by atoms with Gasteiger partial charge in [0.2, 0.25) is 5.76 Å². The zero-order valence-electron chi connectivity index (χ0n) is 9.78. The van der Waals surface area contributed by atoms with Crippen LogP contribution in [0.25, 0.3) is 0 Å². The first kappa shape index (κ1) is 12.5. The third kappa shape index (κ3) is 3.22. The molecule has 0 aliphatic rings. The van der Waals surface area contributed by atoms with Gasteiger partial charge in [-0.05, 0) is 25.0 Å². The van der Waals surface area contributed by atoms with Crippen molar-refractivity contribution >= 4 is 11.8 Å². The molecule has 0 bridgehead atoms. The van der Waals surface area contributed by atoms with E-state index < -0.39 is 5.97 Å². The monoisotopic (exact) mass is 224 g/mol. The van der Waals surface area contributed by atoms with Gasteiger partial charge < -0.3 is 9.15 Å². The Kier molecular flexibility index (Phi) is 4.28. The minimum Gasteiger partial charge on any atom is -0.460 e. The maximum absolute atomic E-state index is 11.6. The number of esters is 1. The topological polar surface area (TPSA) is 56.5 Å². The molecule has 0 atom stereocenters. The van der Waals surface area contributed by atoms with Crippen LogP contribution in [0.5, 0.6) is 0 Å². The predicted octanol–water partition coefficient (Wildman–Crippen LogP) is 2.69. The Labute approximate surface area is 94.6 Å². The van der Waals surface area contributed by atoms with Crippen molar-refractivity contribution in [2.24, 2.45) is 5.92 Å². The van der Waals surface area contributed by atoms with E-state index in [4.69, 9.17) is 9.15 Å². The number of carbonyl (C=O) groups excluding carboxylic acids is 2. The van der Waals surface area contributed by atoms with E-state index >= 15 is 0 Å². The maximum atomic E-state index is 11.6. The Hall–Kier alpha value is -1.58. The largest absolute Gasteiger partial charge is 0.460 e. The summed E-state index contributed by atoms with van der Waals surface area (Å²) < 4.78 is 9.89. The second-order valence-electron chi connectivity index (χ2n) is 3.91. The first-order valence-corrected chi connectivity index (χ1v) is 5.34. The quantitative estimate of drug-likeness (QED) is 0.570. The number of furan rings is 1. The third-order valence-electron chi connectivity index (χ3n) is 1.95. The fourth-order valence-electron chi connectivity index (χ4n) is 1.27. The number of Topliss-reactive ketones (excluding diaryl/α,β-unsaturated/α-hetero) is 1. The Morgan fingerprint density at radius 2 is 1.94 bits per heavy atom. The highest BCUT2D eigenvalue weighted by Crippen LogP contribution is 2.14. The van der Waals surface area contributed by atoms with Gasteiger partial charge in [0.1, 0.15) is 0 Å². The van der Waals surface area contributed by atoms with Crippen LogP contribution in [-0.2, 0) is 4.74 Å². The van der Waals surface area contributed by atoms with Gasteiger partial charge in [-0.15, -0.1) is 0 Å². The molecule has 0 radical (unpaired) electrons. The van der Waals surface area contributed by atoms with E-state index in [1.54, 1.807) is 6.92 Å². The standard InChI is InChI=1S/C12H16O4/c1-4-15-12(14)11-6-5-10(16-11)9(13)7-8(2)3/h5-6,8H,4,7H2,1-3H3. The van der Waals surface area contributed by atoms with Crippen LogP contribution in [0, 0.1) is 5.92 Å². The molecule has 0 saturated heterocycles. The summed E-state index contributed by atoms with van der Waals surface area (Å²) in [4.78, 5) is 22.9. The highest BCUT2D eigenvalue weighted by Gasteiger charge is 2.16. The van der Waals surface area contributed by atoms with Gasteiger partial charge in [-0.1, -0.05) is 13.8 Å². The summed E-state index contributed by atoms with van der Waals surface area (Å²) in [5, 5.41) is 0. The van der Waals surface area contributed by atoms with E-state index in [1.165, 1.54) is 12.1 Å². The van der Waals surface area contributed by atoms with Gasteiger partial charge >= 0.3 is 5.97 Å². The van der Waals surface area contributed by atoms with Crippen molar-refractivity contribution in [3.63, 3.8) is 0 Å². The molecule has 0 unspecified atom stereocenters. The summed E-state index contributed by atoms with van der Waals surface area (Å²) in [6.07, 6.45) is 0.412. The highest BCUT2D eigenvalue weighted by molar-refractivity contribution is 5.95. The molecule has 0 aromatic carbocycles. The smallest absolute Gasteiger partial charge is 0.374 e. The van der Waals surface area contributed by atoms with Gasteiger partial charge in [0, 0.05) is 6.42 Å². The third-order valence-corrected chi connectivity index (χ3v) is 1.95. The van der Waals surface area contributed by atoms with Crippen LogP contribution in [0.1, 0.15) is 48.3 Å². The molecule has 1 heterocycles. The average Bonchev–Trinajstić information content (AvgIpc) is 2.65. The molecular weight excluding hydrogens is 208 g/mol. The van der Waals surface area contributed by atoms with Crippen LogP contribution in [0.3, 0.4) is 0 Å². The van der Waals surface area contributed by atoms with Gasteiger partial charge in [-0.3, -0.25) is 4.79 Å². The van der Waals surface area contributed by atoms with E-state index in [0.717, 1.165) is 0 Å². The van der Waals surface area contributed by atoms with Crippen molar-refractivity contribution in [3.8, 4) is 0 Å². The molecule has 4 nitrogen and oxygen atoms in total. The SMILES string of the molecule is CCOC(=O)c1ccc(C(=O)CC(C)C)o1. The summed E-state index contributed by atoms with van der Waals surface area (Å²) >= 11 is 0. The lowest BCUT2D eigenvalue weighted by molar-refractivity contribution is 0.0488. The number of rotatable bonds is 5. The molecule has 1 rings (SSSR count). The molecule has 0 spiro atoms. The minimum atomic E-state index is -0.536. The molecule has 0 amide bonds. The molecule has 4 heteroatoms. The van der Waals surface area contributed by atoms with Crippen molar-refractivity contribution in [2.45, 2.75) is 27.2 Å². The first-order chi connectivity index (χ1) is 7.54. The molecule has 0 fully saturated rings. The Morgan fingerprint density at radius 3 is 2.50 bits per heavy atom. The minimum absolute atomic E-state index is 0.0777. The fraction of sp³-hybridized carbons (Fsp3) is 0.500. The second-order valence-corrected chi connectivity index (χ2v) is 3.91. The number of hydrogen-bond donors (Lipinski definition) is 0. The summed E-state index contributed by atoms with van der Waals surface area (Å²) in [5.41, 5.74) is 0. The zero-order valence-corrected chi connectivity index (χ0v) is 9.78. The molecular formula is C12H16O4. The normalized spacial score (nSPS) is 10.5. The average molecular weight is 224 g/mol. The van der Waals surface area contributed by atoms with E-state index in [0.29, 0.717) is 6.42 Å². The van der Waals surface area contributed by atoms with Crippen LogP contribution in [-0.4, -0.2) is 18.4 Å². The van der Waals surface area contributed by atoms with E-state index in [9.17, 15) is 9.59 Å². The number of ketones is 1. The lowest BCUT2D eigenvalue weighted by Gasteiger charge is -2.00. The lowest BCUT2D eigenvalue weighted by Crippen LogP contribution is -2.04. The van der Waals surface area contributed by atoms with Crippen LogP contribution in [0.4, 0.5) is 0 Å². The van der Waals surface area contributed by atoms with Crippen LogP contribution in [0.2, 0.25) is 0 Å². The van der Waals surface area contributed by atoms with E-state index in [2.05, 4.69) is 0 Å². The van der Waals surface area contributed by atoms with Gasteiger partial charge in [-0.25, -0.2) is 4.79 Å². The summed E-state index contributed by atoms with van der Waals surface area (Å²) in [6, 6.07) is 2.97. The van der Waals surface area contributed by atoms with Gasteiger partial charge in [0.05, 0.1) is 6.61 Å². The van der Waals surface area contributed by atoms with Gasteiger partial charge in [-0.2, -0.15) is 0 Å². The Bertz CT molecular complexity index is 376. The van der Waals surface area contributed by atoms with Crippen molar-refractivity contribution < 1.29 is 18.7 Å². The van der Waals surface area contributed by atoms with Crippen molar-refractivity contribution in [1.82, 2.24) is 0 Å². The van der Waals surface area contributed by atoms with Crippen molar-refractivity contribution in [2.75, 3.05) is 6.61 Å². The Balaban J connectivity index is 2.71. The van der Waals surface area contributed by atoms with Crippen molar-refractivity contribution in [3.05, 3.63) is 23.7 Å². The molecule has 88 valence electrons. The Morgan fingerprint density at radius 1 is 1.31 bits per heavy atom. The summed E-state index contributed by atoms with van der Waals surface area (Å²) in [5.74, 6) is -0.0639. The molecule has 0 aliphatic heterocycles. The molecule has 16 heavy (non-hydrogen) atoms. The van der Waals surface area contributed by atoms with Crippen LogP contribution < -0.4 is 0 Å². The van der Waals surface area contributed by atoms with Gasteiger partial charge in [0.15, 0.2) is 11.5 Å². The molecule has 0 aliphatic carbocycles. The lowest BCUT2D eigenvalue weighted by atomic mass is 10.1. The van der Waals surface area contributed by atoms with Gasteiger partial charge in [0.25, 0.3) is 0 Å². The first-order valence-electron chi connectivity index (χ1n) is 5.34.